The lowest BCUT2D eigenvalue weighted by Crippen LogP contribution is -2.42. The molecule has 0 amide bonds. The second-order valence-corrected chi connectivity index (χ2v) is 6.50. The molecule has 1 aliphatic carbocycles. The Kier molecular flexibility index (Phi) is 4.35. The molecule has 0 aromatic heterocycles. The molecular formula is C14H21NOS. The normalized spacial score (nSPS) is 26.7. The van der Waals surface area contributed by atoms with Gasteiger partial charge in [-0.25, -0.2) is 0 Å². The van der Waals surface area contributed by atoms with E-state index in [0.717, 1.165) is 17.7 Å². The van der Waals surface area contributed by atoms with Crippen LogP contribution in [0.1, 0.15) is 31.2 Å². The molecule has 2 rings (SSSR count). The van der Waals surface area contributed by atoms with Gasteiger partial charge in [-0.3, -0.25) is 4.21 Å². The van der Waals surface area contributed by atoms with E-state index in [1.165, 1.54) is 18.4 Å². The zero-order valence-electron chi connectivity index (χ0n) is 10.6. The highest BCUT2D eigenvalue weighted by Gasteiger charge is 2.29. The van der Waals surface area contributed by atoms with E-state index in [2.05, 4.69) is 12.2 Å². The first-order valence-corrected chi connectivity index (χ1v) is 7.58. The fourth-order valence-corrected chi connectivity index (χ4v) is 4.24. The molecule has 3 heteroatoms. The van der Waals surface area contributed by atoms with Gasteiger partial charge in [-0.1, -0.05) is 30.5 Å². The molecule has 1 aromatic carbocycles. The summed E-state index contributed by atoms with van der Waals surface area (Å²) in [5.41, 5.74) is 1.22. The van der Waals surface area contributed by atoms with Gasteiger partial charge < -0.3 is 5.32 Å². The minimum Gasteiger partial charge on any atom is -0.316 e. The first-order chi connectivity index (χ1) is 8.22. The van der Waals surface area contributed by atoms with Crippen LogP contribution in [0, 0.1) is 6.92 Å². The van der Waals surface area contributed by atoms with Gasteiger partial charge in [0.15, 0.2) is 0 Å². The Labute approximate surface area is 106 Å². The smallest absolute Gasteiger partial charge is 0.0576 e. The van der Waals surface area contributed by atoms with Gasteiger partial charge in [0.25, 0.3) is 0 Å². The van der Waals surface area contributed by atoms with E-state index in [9.17, 15) is 4.21 Å². The molecule has 0 radical (unpaired) electrons. The van der Waals surface area contributed by atoms with Gasteiger partial charge in [0.05, 0.1) is 16.0 Å². The highest BCUT2D eigenvalue weighted by atomic mass is 32.2. The second-order valence-electron chi connectivity index (χ2n) is 4.83. The van der Waals surface area contributed by atoms with E-state index >= 15 is 0 Å². The number of hydrogen-bond donors (Lipinski definition) is 1. The summed E-state index contributed by atoms with van der Waals surface area (Å²) in [6.07, 6.45) is 4.69. The molecule has 0 bridgehead atoms. The maximum Gasteiger partial charge on any atom is 0.0576 e. The highest BCUT2D eigenvalue weighted by Crippen LogP contribution is 2.26. The highest BCUT2D eigenvalue weighted by molar-refractivity contribution is 7.85. The Hall–Kier alpha value is -0.670. The lowest BCUT2D eigenvalue weighted by Gasteiger charge is -2.30. The number of nitrogens with one attached hydrogen (secondary N) is 1. The monoisotopic (exact) mass is 251 g/mol. The molecule has 1 aromatic rings. The third kappa shape index (κ3) is 2.96. The molecule has 2 nitrogen and oxygen atoms in total. The van der Waals surface area contributed by atoms with Crippen molar-refractivity contribution in [3.8, 4) is 0 Å². The fraction of sp³-hybridized carbons (Fsp3) is 0.571. The van der Waals surface area contributed by atoms with E-state index in [1.807, 2.05) is 31.3 Å². The van der Waals surface area contributed by atoms with Crippen molar-refractivity contribution in [3.05, 3.63) is 29.8 Å². The van der Waals surface area contributed by atoms with Crippen LogP contribution in [0.25, 0.3) is 0 Å². The third-order valence-electron chi connectivity index (χ3n) is 3.60. The van der Waals surface area contributed by atoms with Crippen LogP contribution in [0.4, 0.5) is 0 Å². The lowest BCUT2D eigenvalue weighted by atomic mass is 9.95. The Morgan fingerprint density at radius 1 is 1.18 bits per heavy atom. The fourth-order valence-electron chi connectivity index (χ4n) is 2.53. The van der Waals surface area contributed by atoms with Crippen molar-refractivity contribution in [3.63, 3.8) is 0 Å². The number of benzene rings is 1. The van der Waals surface area contributed by atoms with E-state index in [4.69, 9.17) is 0 Å². The van der Waals surface area contributed by atoms with Crippen molar-refractivity contribution in [1.82, 2.24) is 5.32 Å². The summed E-state index contributed by atoms with van der Waals surface area (Å²) in [6.45, 7) is 2.06. The maximum atomic E-state index is 12.6. The summed E-state index contributed by atoms with van der Waals surface area (Å²) in [5, 5.41) is 3.60. The van der Waals surface area contributed by atoms with Gasteiger partial charge in [-0.15, -0.1) is 0 Å². The predicted octanol–water partition coefficient (Wildman–Crippen LogP) is 2.63. The topological polar surface area (TPSA) is 29.1 Å². The van der Waals surface area contributed by atoms with Crippen molar-refractivity contribution in [2.75, 3.05) is 7.05 Å². The van der Waals surface area contributed by atoms with Crippen molar-refractivity contribution >= 4 is 10.8 Å². The zero-order chi connectivity index (χ0) is 12.3. The van der Waals surface area contributed by atoms with Crippen LogP contribution in [0.3, 0.4) is 0 Å². The quantitative estimate of drug-likeness (QED) is 0.895. The van der Waals surface area contributed by atoms with E-state index in [0.29, 0.717) is 6.04 Å². The van der Waals surface area contributed by atoms with Crippen LogP contribution in [0.2, 0.25) is 0 Å². The molecule has 17 heavy (non-hydrogen) atoms. The molecule has 1 aliphatic rings. The van der Waals surface area contributed by atoms with Crippen LogP contribution >= 0.6 is 0 Å². The first-order valence-electron chi connectivity index (χ1n) is 6.37. The molecule has 1 N–H and O–H groups in total. The molecule has 94 valence electrons. The SMILES string of the molecule is CNC1CCCCC1S(=O)c1ccc(C)cc1. The summed E-state index contributed by atoms with van der Waals surface area (Å²) >= 11 is 0. The van der Waals surface area contributed by atoms with Crippen molar-refractivity contribution < 1.29 is 4.21 Å². The van der Waals surface area contributed by atoms with Crippen LogP contribution in [-0.2, 0) is 10.8 Å². The van der Waals surface area contributed by atoms with Gasteiger partial charge >= 0.3 is 0 Å². The molecule has 1 saturated carbocycles. The Bertz CT molecular complexity index is 388. The second kappa shape index (κ2) is 5.78. The summed E-state index contributed by atoms with van der Waals surface area (Å²) in [7, 11) is 1.11. The summed E-state index contributed by atoms with van der Waals surface area (Å²) in [5.74, 6) is 0. The molecule has 0 saturated heterocycles. The average molecular weight is 251 g/mol. The molecule has 3 unspecified atom stereocenters. The largest absolute Gasteiger partial charge is 0.316 e. The summed E-state index contributed by atoms with van der Waals surface area (Å²) in [6, 6.07) is 8.51. The molecular weight excluding hydrogens is 230 g/mol. The summed E-state index contributed by atoms with van der Waals surface area (Å²) < 4.78 is 12.6. The molecule has 3 atom stereocenters. The van der Waals surface area contributed by atoms with Crippen molar-refractivity contribution in [2.24, 2.45) is 0 Å². The zero-order valence-corrected chi connectivity index (χ0v) is 11.4. The predicted molar refractivity (Wildman–Crippen MR) is 72.7 cm³/mol. The van der Waals surface area contributed by atoms with Gasteiger partial charge in [0.1, 0.15) is 0 Å². The van der Waals surface area contributed by atoms with E-state index < -0.39 is 10.8 Å². The number of aryl methyl sites for hydroxylation is 1. The standard InChI is InChI=1S/C14H21NOS/c1-11-7-9-12(10-8-11)17(16)14-6-4-3-5-13(14)15-2/h7-10,13-15H,3-6H2,1-2H3. The number of rotatable bonds is 3. The Balaban J connectivity index is 2.15. The number of hydrogen-bond acceptors (Lipinski definition) is 2. The maximum absolute atomic E-state index is 12.6. The lowest BCUT2D eigenvalue weighted by molar-refractivity contribution is 0.399. The van der Waals surface area contributed by atoms with Crippen molar-refractivity contribution in [2.45, 2.75) is 48.8 Å². The van der Waals surface area contributed by atoms with Crippen LogP contribution in [-0.4, -0.2) is 22.5 Å². The Morgan fingerprint density at radius 3 is 2.47 bits per heavy atom. The summed E-state index contributed by atoms with van der Waals surface area (Å²) in [4.78, 5) is 0.975. The van der Waals surface area contributed by atoms with Crippen LogP contribution < -0.4 is 5.32 Å². The van der Waals surface area contributed by atoms with Crippen LogP contribution in [0.15, 0.2) is 29.2 Å². The molecule has 0 spiro atoms. The van der Waals surface area contributed by atoms with Crippen molar-refractivity contribution in [1.29, 1.82) is 0 Å². The minimum atomic E-state index is -0.871. The molecule has 0 aliphatic heterocycles. The van der Waals surface area contributed by atoms with Gasteiger partial charge in [-0.2, -0.15) is 0 Å². The van der Waals surface area contributed by atoms with E-state index in [-0.39, 0.29) is 5.25 Å². The third-order valence-corrected chi connectivity index (χ3v) is 5.45. The Morgan fingerprint density at radius 2 is 1.82 bits per heavy atom. The van der Waals surface area contributed by atoms with E-state index in [1.54, 1.807) is 0 Å². The van der Waals surface area contributed by atoms with Gasteiger partial charge in [0.2, 0.25) is 0 Å². The van der Waals surface area contributed by atoms with Gasteiger partial charge in [-0.05, 0) is 38.9 Å². The molecule has 1 fully saturated rings. The van der Waals surface area contributed by atoms with Crippen LogP contribution in [0.5, 0.6) is 0 Å². The molecule has 0 heterocycles. The van der Waals surface area contributed by atoms with Gasteiger partial charge in [0, 0.05) is 10.9 Å². The average Bonchev–Trinajstić information content (AvgIpc) is 2.39. The minimum absolute atomic E-state index is 0.274. The first kappa shape index (κ1) is 12.8.